The zero-order valence-corrected chi connectivity index (χ0v) is 20.7. The Hall–Kier alpha value is -4.28. The predicted octanol–water partition coefficient (Wildman–Crippen LogP) is 3.06. The molecule has 4 aromatic rings. The molecule has 0 radical (unpaired) electrons. The van der Waals surface area contributed by atoms with E-state index in [1.165, 1.54) is 0 Å². The number of piperidine rings is 1. The number of aryl methyl sites for hydroxylation is 2. The molecule has 1 aliphatic rings. The van der Waals surface area contributed by atoms with Gasteiger partial charge in [-0.1, -0.05) is 13.0 Å². The van der Waals surface area contributed by atoms with E-state index in [-0.39, 0.29) is 5.91 Å². The molecule has 1 fully saturated rings. The van der Waals surface area contributed by atoms with Gasteiger partial charge in [-0.3, -0.25) is 9.89 Å². The highest BCUT2D eigenvalue weighted by atomic mass is 16.2. The number of aromatic amines is 1. The molecule has 3 N–H and O–H groups in total. The van der Waals surface area contributed by atoms with Crippen LogP contribution in [0.2, 0.25) is 0 Å². The van der Waals surface area contributed by atoms with Crippen LogP contribution in [0.25, 0.3) is 5.82 Å². The second kappa shape index (κ2) is 9.76. The number of nitrogens with zero attached hydrogens (tertiary/aromatic N) is 7. The maximum Gasteiger partial charge on any atom is 0.227 e. The van der Waals surface area contributed by atoms with Gasteiger partial charge in [0, 0.05) is 67.2 Å². The molecule has 11 heteroatoms. The molecule has 5 rings (SSSR count). The lowest BCUT2D eigenvalue weighted by molar-refractivity contribution is -0.131. The Balaban J connectivity index is 1.17. The molecule has 0 aromatic carbocycles. The van der Waals surface area contributed by atoms with Gasteiger partial charge >= 0.3 is 0 Å². The number of aromatic nitrogens is 7. The Morgan fingerprint density at radius 3 is 2.64 bits per heavy atom. The third-order valence-corrected chi connectivity index (χ3v) is 6.50. The first kappa shape index (κ1) is 23.5. The molecule has 5 heterocycles. The van der Waals surface area contributed by atoms with E-state index in [9.17, 15) is 4.79 Å². The van der Waals surface area contributed by atoms with Crippen molar-refractivity contribution in [3.63, 3.8) is 0 Å². The summed E-state index contributed by atoms with van der Waals surface area (Å²) in [5.74, 6) is 2.87. The Morgan fingerprint density at radius 2 is 1.97 bits per heavy atom. The highest BCUT2D eigenvalue weighted by molar-refractivity contribution is 5.82. The highest BCUT2D eigenvalue weighted by Gasteiger charge is 2.37. The van der Waals surface area contributed by atoms with Crippen LogP contribution in [0.15, 0.2) is 48.9 Å². The number of hydrogen-bond donors (Lipinski definition) is 3. The van der Waals surface area contributed by atoms with Crippen LogP contribution in [0, 0.1) is 19.3 Å². The van der Waals surface area contributed by atoms with Gasteiger partial charge < -0.3 is 15.5 Å². The molecule has 0 atom stereocenters. The molecule has 11 nitrogen and oxygen atoms in total. The standard InChI is InChI=1S/C25H30N10O/c1-17-13-20(30-21-14-18(2)32-33-21)31-24(29-17)34-11-7-25(3,8-12-34)23(36)27-16-19-5-6-22(26-15-19)35-10-4-9-28-35/h4-6,9-10,13-15H,7-8,11-12,16H2,1-3H3,(H,27,36)(H2,29,30,31,32,33). The van der Waals surface area contributed by atoms with Crippen LogP contribution in [0.4, 0.5) is 17.6 Å². The molecule has 0 aliphatic carbocycles. The number of pyridine rings is 1. The van der Waals surface area contributed by atoms with Gasteiger partial charge in [0.1, 0.15) is 5.82 Å². The zero-order valence-electron chi connectivity index (χ0n) is 20.7. The molecule has 0 spiro atoms. The van der Waals surface area contributed by atoms with Crippen LogP contribution in [-0.4, -0.2) is 53.9 Å². The van der Waals surface area contributed by atoms with E-state index >= 15 is 0 Å². The van der Waals surface area contributed by atoms with E-state index < -0.39 is 5.41 Å². The number of carbonyl (C=O) groups excluding carboxylic acids is 1. The summed E-state index contributed by atoms with van der Waals surface area (Å²) in [6.45, 7) is 7.77. The van der Waals surface area contributed by atoms with E-state index in [0.717, 1.165) is 22.8 Å². The summed E-state index contributed by atoms with van der Waals surface area (Å²) < 4.78 is 1.70. The van der Waals surface area contributed by atoms with Crippen LogP contribution in [0.1, 0.15) is 36.7 Å². The van der Waals surface area contributed by atoms with Crippen molar-refractivity contribution in [3.05, 3.63) is 65.9 Å². The SMILES string of the molecule is Cc1cc(Nc2cc(C)[nH]n2)nc(N2CCC(C)(C(=O)NCc3ccc(-n4cccn4)nc3)CC2)n1. The fourth-order valence-corrected chi connectivity index (χ4v) is 4.26. The highest BCUT2D eigenvalue weighted by Crippen LogP contribution is 2.33. The molecular formula is C25H30N10O. The maximum absolute atomic E-state index is 13.1. The summed E-state index contributed by atoms with van der Waals surface area (Å²) in [7, 11) is 0. The zero-order chi connectivity index (χ0) is 25.1. The number of rotatable bonds is 7. The quantitative estimate of drug-likeness (QED) is 0.363. The van der Waals surface area contributed by atoms with Crippen LogP contribution < -0.4 is 15.5 Å². The van der Waals surface area contributed by atoms with Gasteiger partial charge in [-0.2, -0.15) is 15.2 Å². The average molecular weight is 487 g/mol. The third kappa shape index (κ3) is 5.19. The summed E-state index contributed by atoms with van der Waals surface area (Å²) in [4.78, 5) is 29.0. The second-order valence-corrected chi connectivity index (χ2v) is 9.46. The summed E-state index contributed by atoms with van der Waals surface area (Å²) in [6.07, 6.45) is 6.76. The van der Waals surface area contributed by atoms with Crippen molar-refractivity contribution >= 4 is 23.5 Å². The first-order valence-electron chi connectivity index (χ1n) is 12.0. The van der Waals surface area contributed by atoms with Crippen LogP contribution >= 0.6 is 0 Å². The fraction of sp³-hybridized carbons (Fsp3) is 0.360. The number of H-pyrrole nitrogens is 1. The number of amides is 1. The minimum atomic E-state index is -0.448. The molecule has 186 valence electrons. The first-order valence-corrected chi connectivity index (χ1v) is 12.0. The Bertz CT molecular complexity index is 1320. The van der Waals surface area contributed by atoms with Crippen LogP contribution in [0.3, 0.4) is 0 Å². The number of anilines is 3. The van der Waals surface area contributed by atoms with E-state index in [1.54, 1.807) is 17.1 Å². The molecule has 1 amide bonds. The van der Waals surface area contributed by atoms with Crippen molar-refractivity contribution in [2.24, 2.45) is 5.41 Å². The molecule has 1 saturated heterocycles. The van der Waals surface area contributed by atoms with Crippen molar-refractivity contribution in [1.82, 2.24) is 40.2 Å². The Kier molecular flexibility index (Phi) is 6.36. The second-order valence-electron chi connectivity index (χ2n) is 9.46. The fourth-order valence-electron chi connectivity index (χ4n) is 4.26. The molecule has 36 heavy (non-hydrogen) atoms. The van der Waals surface area contributed by atoms with Crippen LogP contribution in [0.5, 0.6) is 0 Å². The van der Waals surface area contributed by atoms with Crippen molar-refractivity contribution in [2.75, 3.05) is 23.3 Å². The number of carbonyl (C=O) groups is 1. The van der Waals surface area contributed by atoms with Crippen molar-refractivity contribution in [3.8, 4) is 5.82 Å². The van der Waals surface area contributed by atoms with Crippen LogP contribution in [-0.2, 0) is 11.3 Å². The molecular weight excluding hydrogens is 456 g/mol. The lowest BCUT2D eigenvalue weighted by Gasteiger charge is -2.38. The van der Waals surface area contributed by atoms with E-state index in [1.807, 2.05) is 57.3 Å². The maximum atomic E-state index is 13.1. The van der Waals surface area contributed by atoms with E-state index in [2.05, 4.69) is 40.8 Å². The Morgan fingerprint density at radius 1 is 1.14 bits per heavy atom. The first-order chi connectivity index (χ1) is 17.4. The van der Waals surface area contributed by atoms with E-state index in [0.29, 0.717) is 50.1 Å². The van der Waals surface area contributed by atoms with E-state index in [4.69, 9.17) is 4.98 Å². The van der Waals surface area contributed by atoms with Gasteiger partial charge in [0.05, 0.1) is 0 Å². The lowest BCUT2D eigenvalue weighted by atomic mass is 9.79. The monoisotopic (exact) mass is 486 g/mol. The molecule has 0 saturated carbocycles. The van der Waals surface area contributed by atoms with Gasteiger partial charge in [-0.05, 0) is 44.4 Å². The summed E-state index contributed by atoms with van der Waals surface area (Å²) in [6, 6.07) is 9.52. The Labute approximate surface area is 209 Å². The van der Waals surface area contributed by atoms with Crippen molar-refractivity contribution in [2.45, 2.75) is 40.2 Å². The van der Waals surface area contributed by atoms with Gasteiger partial charge in [-0.15, -0.1) is 0 Å². The minimum Gasteiger partial charge on any atom is -0.351 e. The summed E-state index contributed by atoms with van der Waals surface area (Å²) >= 11 is 0. The lowest BCUT2D eigenvalue weighted by Crippen LogP contribution is -2.47. The predicted molar refractivity (Wildman–Crippen MR) is 136 cm³/mol. The van der Waals surface area contributed by atoms with Gasteiger partial charge in [0.25, 0.3) is 0 Å². The van der Waals surface area contributed by atoms with Gasteiger partial charge in [0.15, 0.2) is 11.6 Å². The summed E-state index contributed by atoms with van der Waals surface area (Å²) in [5.41, 5.74) is 2.34. The normalized spacial score (nSPS) is 15.0. The molecule has 1 aliphatic heterocycles. The third-order valence-electron chi connectivity index (χ3n) is 6.50. The van der Waals surface area contributed by atoms with Crippen molar-refractivity contribution < 1.29 is 4.79 Å². The van der Waals surface area contributed by atoms with Gasteiger partial charge in [-0.25, -0.2) is 14.6 Å². The summed E-state index contributed by atoms with van der Waals surface area (Å²) in [5, 5.41) is 17.6. The number of nitrogens with one attached hydrogen (secondary N) is 3. The number of hydrogen-bond acceptors (Lipinski definition) is 8. The van der Waals surface area contributed by atoms with Gasteiger partial charge in [0.2, 0.25) is 11.9 Å². The average Bonchev–Trinajstić information content (AvgIpc) is 3.55. The van der Waals surface area contributed by atoms with Crippen molar-refractivity contribution in [1.29, 1.82) is 0 Å². The minimum absolute atomic E-state index is 0.0553. The largest absolute Gasteiger partial charge is 0.351 e. The molecule has 0 bridgehead atoms. The smallest absolute Gasteiger partial charge is 0.227 e. The molecule has 4 aromatic heterocycles. The topological polar surface area (TPSA) is 130 Å². The molecule has 0 unspecified atom stereocenters.